The van der Waals surface area contributed by atoms with Crippen molar-refractivity contribution in [3.63, 3.8) is 0 Å². The predicted octanol–water partition coefficient (Wildman–Crippen LogP) is 2.55. The van der Waals surface area contributed by atoms with E-state index in [0.29, 0.717) is 5.82 Å². The summed E-state index contributed by atoms with van der Waals surface area (Å²) in [4.78, 5) is 2.22. The zero-order valence-corrected chi connectivity index (χ0v) is 11.4. The van der Waals surface area contributed by atoms with Crippen molar-refractivity contribution in [3.05, 3.63) is 40.6 Å². The number of hydrogen-bond donors (Lipinski definition) is 2. The number of aromatic nitrogens is 2. The van der Waals surface area contributed by atoms with Crippen LogP contribution in [0.3, 0.4) is 0 Å². The van der Waals surface area contributed by atoms with Crippen LogP contribution in [-0.4, -0.2) is 17.2 Å². The first-order chi connectivity index (χ1) is 8.47. The van der Waals surface area contributed by atoms with Crippen LogP contribution in [0, 0.1) is 20.8 Å². The molecule has 1 heterocycles. The van der Waals surface area contributed by atoms with Crippen molar-refractivity contribution in [1.29, 1.82) is 0 Å². The molecule has 0 unspecified atom stereocenters. The highest BCUT2D eigenvalue weighted by molar-refractivity contribution is 5.59. The Balaban J connectivity index is 2.26. The summed E-state index contributed by atoms with van der Waals surface area (Å²) in [5.74, 6) is 0.538. The maximum Gasteiger partial charge on any atom is 0.145 e. The number of aromatic amines is 1. The van der Waals surface area contributed by atoms with E-state index in [1.165, 1.54) is 22.4 Å². The maximum atomic E-state index is 5.61. The van der Waals surface area contributed by atoms with Crippen LogP contribution in [0.2, 0.25) is 0 Å². The lowest BCUT2D eigenvalue weighted by atomic mass is 10.0. The highest BCUT2D eigenvalue weighted by Gasteiger charge is 2.10. The second-order valence-corrected chi connectivity index (χ2v) is 4.92. The molecule has 0 atom stereocenters. The number of anilines is 2. The molecule has 0 aliphatic rings. The number of benzene rings is 1. The Kier molecular flexibility index (Phi) is 3.28. The van der Waals surface area contributed by atoms with Crippen LogP contribution in [0.25, 0.3) is 0 Å². The minimum absolute atomic E-state index is 0.538. The lowest BCUT2D eigenvalue weighted by Crippen LogP contribution is -2.19. The van der Waals surface area contributed by atoms with E-state index >= 15 is 0 Å². The van der Waals surface area contributed by atoms with Gasteiger partial charge in [0.15, 0.2) is 0 Å². The number of nitrogens with two attached hydrogens (primary N) is 1. The standard InChI is InChI=1S/C14H20N4/c1-9-5-10(2)14(11(3)6-9)18(4)8-12-7-13(15)17-16-12/h5-7H,8H2,1-4H3,(H3,15,16,17). The average molecular weight is 244 g/mol. The Bertz CT molecular complexity index is 534. The molecule has 0 amide bonds. The lowest BCUT2D eigenvalue weighted by molar-refractivity contribution is 0.862. The number of rotatable bonds is 3. The van der Waals surface area contributed by atoms with E-state index in [1.807, 2.05) is 6.07 Å². The average Bonchev–Trinajstić information content (AvgIpc) is 2.62. The van der Waals surface area contributed by atoms with Gasteiger partial charge in [-0.2, -0.15) is 5.10 Å². The SMILES string of the molecule is Cc1cc(C)c(N(C)Cc2cc(N)n[nH]2)c(C)c1. The van der Waals surface area contributed by atoms with Gasteiger partial charge < -0.3 is 10.6 Å². The Morgan fingerprint density at radius 3 is 2.28 bits per heavy atom. The van der Waals surface area contributed by atoms with Gasteiger partial charge in [-0.05, 0) is 31.9 Å². The predicted molar refractivity (Wildman–Crippen MR) is 75.8 cm³/mol. The molecule has 0 spiro atoms. The molecule has 0 radical (unpaired) electrons. The quantitative estimate of drug-likeness (QED) is 0.872. The third-order valence-electron chi connectivity index (χ3n) is 3.08. The van der Waals surface area contributed by atoms with Gasteiger partial charge in [0.1, 0.15) is 5.82 Å². The van der Waals surface area contributed by atoms with Gasteiger partial charge in [0.05, 0.1) is 12.2 Å². The summed E-state index contributed by atoms with van der Waals surface area (Å²) in [5.41, 5.74) is 11.8. The van der Waals surface area contributed by atoms with Gasteiger partial charge in [-0.3, -0.25) is 5.10 Å². The fourth-order valence-corrected chi connectivity index (χ4v) is 2.57. The molecule has 0 saturated heterocycles. The van der Waals surface area contributed by atoms with E-state index in [2.05, 4.69) is 55.0 Å². The molecule has 0 aliphatic heterocycles. The third-order valence-corrected chi connectivity index (χ3v) is 3.08. The Labute approximate surface area is 108 Å². The van der Waals surface area contributed by atoms with Crippen LogP contribution in [0.5, 0.6) is 0 Å². The molecule has 0 fully saturated rings. The molecular weight excluding hydrogens is 224 g/mol. The fourth-order valence-electron chi connectivity index (χ4n) is 2.57. The second-order valence-electron chi connectivity index (χ2n) is 4.92. The lowest BCUT2D eigenvalue weighted by Gasteiger charge is -2.23. The molecule has 2 rings (SSSR count). The van der Waals surface area contributed by atoms with Crippen molar-refractivity contribution in [2.24, 2.45) is 0 Å². The summed E-state index contributed by atoms with van der Waals surface area (Å²) in [5, 5.41) is 6.89. The van der Waals surface area contributed by atoms with Crippen molar-refractivity contribution < 1.29 is 0 Å². The molecule has 3 N–H and O–H groups in total. The van der Waals surface area contributed by atoms with Gasteiger partial charge in [0.25, 0.3) is 0 Å². The smallest absolute Gasteiger partial charge is 0.145 e. The first-order valence-electron chi connectivity index (χ1n) is 6.06. The van der Waals surface area contributed by atoms with Crippen molar-refractivity contribution in [3.8, 4) is 0 Å². The molecule has 18 heavy (non-hydrogen) atoms. The Morgan fingerprint density at radius 1 is 1.17 bits per heavy atom. The molecule has 0 aliphatic carbocycles. The van der Waals surface area contributed by atoms with Gasteiger partial charge in [-0.1, -0.05) is 17.7 Å². The first-order valence-corrected chi connectivity index (χ1v) is 6.06. The maximum absolute atomic E-state index is 5.61. The second kappa shape index (κ2) is 4.72. The normalized spacial score (nSPS) is 10.7. The topological polar surface area (TPSA) is 57.9 Å². The number of hydrogen-bond acceptors (Lipinski definition) is 3. The molecule has 1 aromatic carbocycles. The van der Waals surface area contributed by atoms with E-state index in [0.717, 1.165) is 12.2 Å². The van der Waals surface area contributed by atoms with Gasteiger partial charge in [-0.25, -0.2) is 0 Å². The highest BCUT2D eigenvalue weighted by Crippen LogP contribution is 2.26. The van der Waals surface area contributed by atoms with E-state index in [4.69, 9.17) is 5.73 Å². The first kappa shape index (κ1) is 12.5. The van der Waals surface area contributed by atoms with E-state index in [-0.39, 0.29) is 0 Å². The zero-order valence-electron chi connectivity index (χ0n) is 11.4. The van der Waals surface area contributed by atoms with Gasteiger partial charge in [0.2, 0.25) is 0 Å². The van der Waals surface area contributed by atoms with Crippen LogP contribution < -0.4 is 10.6 Å². The summed E-state index contributed by atoms with van der Waals surface area (Å²) in [6.07, 6.45) is 0. The number of nitrogens with zero attached hydrogens (tertiary/aromatic N) is 2. The van der Waals surface area contributed by atoms with Crippen LogP contribution in [-0.2, 0) is 6.54 Å². The molecule has 4 heteroatoms. The van der Waals surface area contributed by atoms with Crippen LogP contribution in [0.15, 0.2) is 18.2 Å². The van der Waals surface area contributed by atoms with Crippen molar-refractivity contribution >= 4 is 11.5 Å². The van der Waals surface area contributed by atoms with Crippen LogP contribution in [0.4, 0.5) is 11.5 Å². The molecule has 4 nitrogen and oxygen atoms in total. The van der Waals surface area contributed by atoms with E-state index in [1.54, 1.807) is 0 Å². The molecule has 0 bridgehead atoms. The zero-order chi connectivity index (χ0) is 13.3. The molecule has 96 valence electrons. The third kappa shape index (κ3) is 2.47. The molecule has 1 aromatic heterocycles. The minimum atomic E-state index is 0.538. The Morgan fingerprint density at radius 2 is 1.78 bits per heavy atom. The van der Waals surface area contributed by atoms with Gasteiger partial charge >= 0.3 is 0 Å². The van der Waals surface area contributed by atoms with E-state index < -0.39 is 0 Å². The summed E-state index contributed by atoms with van der Waals surface area (Å²) in [6, 6.07) is 6.29. The van der Waals surface area contributed by atoms with E-state index in [9.17, 15) is 0 Å². The molecule has 0 saturated carbocycles. The van der Waals surface area contributed by atoms with Gasteiger partial charge in [0, 0.05) is 18.8 Å². The Hall–Kier alpha value is -1.97. The van der Waals surface area contributed by atoms with Gasteiger partial charge in [-0.15, -0.1) is 0 Å². The fraction of sp³-hybridized carbons (Fsp3) is 0.357. The molecule has 2 aromatic rings. The summed E-state index contributed by atoms with van der Waals surface area (Å²) < 4.78 is 0. The number of nitrogen functional groups attached to an aromatic ring is 1. The monoisotopic (exact) mass is 244 g/mol. The minimum Gasteiger partial charge on any atom is -0.382 e. The van der Waals surface area contributed by atoms with Crippen molar-refractivity contribution in [2.45, 2.75) is 27.3 Å². The summed E-state index contributed by atoms with van der Waals surface area (Å²) in [7, 11) is 2.09. The van der Waals surface area contributed by atoms with Crippen molar-refractivity contribution in [1.82, 2.24) is 10.2 Å². The number of H-pyrrole nitrogens is 1. The largest absolute Gasteiger partial charge is 0.382 e. The number of nitrogens with one attached hydrogen (secondary N) is 1. The number of aryl methyl sites for hydroxylation is 3. The summed E-state index contributed by atoms with van der Waals surface area (Å²) in [6.45, 7) is 7.19. The van der Waals surface area contributed by atoms with Crippen molar-refractivity contribution in [2.75, 3.05) is 17.7 Å². The van der Waals surface area contributed by atoms with Crippen LogP contribution in [0.1, 0.15) is 22.4 Å². The highest BCUT2D eigenvalue weighted by atomic mass is 15.2. The molecular formula is C14H20N4. The summed E-state index contributed by atoms with van der Waals surface area (Å²) >= 11 is 0. The van der Waals surface area contributed by atoms with Crippen LogP contribution >= 0.6 is 0 Å².